The lowest BCUT2D eigenvalue weighted by atomic mass is 9.91. The van der Waals surface area contributed by atoms with Crippen molar-refractivity contribution < 1.29 is 33.5 Å². The van der Waals surface area contributed by atoms with E-state index in [2.05, 4.69) is 0 Å². The molecule has 51 heavy (non-hydrogen) atoms. The quantitative estimate of drug-likeness (QED) is 0.123. The molecule has 7 rings (SSSR count). The molecule has 1 aliphatic heterocycles. The summed E-state index contributed by atoms with van der Waals surface area (Å²) in [7, 11) is 1.58. The van der Waals surface area contributed by atoms with Crippen LogP contribution in [0.2, 0.25) is 0 Å². The van der Waals surface area contributed by atoms with Gasteiger partial charge in [0, 0.05) is 19.2 Å². The number of aliphatic hydroxyl groups excluding tert-OH is 1. The minimum absolute atomic E-state index is 0.317. The predicted octanol–water partition coefficient (Wildman–Crippen LogP) is 9.18. The summed E-state index contributed by atoms with van der Waals surface area (Å²) in [5.41, 5.74) is 5.41. The summed E-state index contributed by atoms with van der Waals surface area (Å²) in [4.78, 5) is 0. The van der Waals surface area contributed by atoms with Crippen LogP contribution in [0.4, 0.5) is 0 Å². The van der Waals surface area contributed by atoms with Crippen LogP contribution < -0.4 is 23.7 Å². The van der Waals surface area contributed by atoms with E-state index in [1.54, 1.807) is 7.11 Å². The summed E-state index contributed by atoms with van der Waals surface area (Å²) < 4.78 is 37.9. The van der Waals surface area contributed by atoms with Gasteiger partial charge in [-0.05, 0) is 39.9 Å². The molecule has 0 saturated heterocycles. The third kappa shape index (κ3) is 8.35. The van der Waals surface area contributed by atoms with Crippen LogP contribution in [0.5, 0.6) is 28.7 Å². The van der Waals surface area contributed by atoms with E-state index in [-0.39, 0.29) is 0 Å². The number of hydrogen-bond donors (Lipinski definition) is 1. The van der Waals surface area contributed by atoms with Crippen molar-refractivity contribution in [2.45, 2.75) is 44.7 Å². The number of rotatable bonds is 14. The Labute approximate surface area is 298 Å². The lowest BCUT2D eigenvalue weighted by Gasteiger charge is -2.37. The highest BCUT2D eigenvalue weighted by atomic mass is 16.5. The first-order valence-corrected chi connectivity index (χ1v) is 17.0. The molecule has 0 aliphatic carbocycles. The molecule has 0 bridgehead atoms. The lowest BCUT2D eigenvalue weighted by molar-refractivity contribution is -0.0882. The molecule has 0 amide bonds. The van der Waals surface area contributed by atoms with Crippen LogP contribution in [-0.4, -0.2) is 18.3 Å². The fourth-order valence-electron chi connectivity index (χ4n) is 6.10. The maximum Gasteiger partial charge on any atom is 0.162 e. The molecule has 7 nitrogen and oxygen atoms in total. The number of benzene rings is 6. The van der Waals surface area contributed by atoms with Crippen molar-refractivity contribution in [3.63, 3.8) is 0 Å². The van der Waals surface area contributed by atoms with E-state index in [9.17, 15) is 5.11 Å². The summed E-state index contributed by atoms with van der Waals surface area (Å²) in [6.45, 7) is 1.40. The molecule has 1 aliphatic rings. The largest absolute Gasteiger partial charge is 0.489 e. The van der Waals surface area contributed by atoms with Crippen LogP contribution in [0.3, 0.4) is 0 Å². The number of methoxy groups -OCH3 is 1. The van der Waals surface area contributed by atoms with Crippen molar-refractivity contribution in [3.8, 4) is 28.7 Å². The zero-order valence-electron chi connectivity index (χ0n) is 28.4. The van der Waals surface area contributed by atoms with Crippen molar-refractivity contribution in [3.05, 3.63) is 185 Å². The normalized spacial score (nSPS) is 16.4. The average molecular weight is 681 g/mol. The van der Waals surface area contributed by atoms with Gasteiger partial charge in [0.2, 0.25) is 0 Å². The second-order valence-corrected chi connectivity index (χ2v) is 12.3. The van der Waals surface area contributed by atoms with E-state index < -0.39 is 18.3 Å². The van der Waals surface area contributed by atoms with E-state index >= 15 is 0 Å². The lowest BCUT2D eigenvalue weighted by Crippen LogP contribution is -2.35. The molecule has 0 radical (unpaired) electrons. The number of fused-ring (bicyclic) bond motifs is 1. The summed E-state index contributed by atoms with van der Waals surface area (Å²) >= 11 is 0. The topological polar surface area (TPSA) is 75.6 Å². The van der Waals surface area contributed by atoms with E-state index in [0.29, 0.717) is 66.3 Å². The van der Waals surface area contributed by atoms with Gasteiger partial charge >= 0.3 is 0 Å². The van der Waals surface area contributed by atoms with Crippen LogP contribution in [0.15, 0.2) is 152 Å². The second kappa shape index (κ2) is 16.3. The van der Waals surface area contributed by atoms with Gasteiger partial charge in [-0.25, -0.2) is 0 Å². The average Bonchev–Trinajstić information content (AvgIpc) is 3.19. The Bertz CT molecular complexity index is 1990. The van der Waals surface area contributed by atoms with Crippen LogP contribution >= 0.6 is 0 Å². The zero-order chi connectivity index (χ0) is 34.8. The van der Waals surface area contributed by atoms with Crippen LogP contribution in [0.25, 0.3) is 0 Å². The highest BCUT2D eigenvalue weighted by molar-refractivity contribution is 5.55. The number of ether oxygens (including phenoxy) is 6. The zero-order valence-corrected chi connectivity index (χ0v) is 28.4. The van der Waals surface area contributed by atoms with Crippen molar-refractivity contribution in [2.24, 2.45) is 0 Å². The summed E-state index contributed by atoms with van der Waals surface area (Å²) in [5, 5.41) is 11.9. The third-order valence-corrected chi connectivity index (χ3v) is 8.75. The maximum absolute atomic E-state index is 11.9. The summed E-state index contributed by atoms with van der Waals surface area (Å²) in [6, 6.07) is 49.1. The second-order valence-electron chi connectivity index (χ2n) is 12.3. The van der Waals surface area contributed by atoms with Crippen molar-refractivity contribution >= 4 is 0 Å². The molecule has 1 N–H and O–H groups in total. The van der Waals surface area contributed by atoms with E-state index in [1.807, 2.05) is 152 Å². The predicted molar refractivity (Wildman–Crippen MR) is 195 cm³/mol. The Morgan fingerprint density at radius 2 is 0.980 bits per heavy atom. The summed E-state index contributed by atoms with van der Waals surface area (Å²) in [6.07, 6.45) is -2.62. The van der Waals surface area contributed by atoms with Gasteiger partial charge in [0.1, 0.15) is 55.9 Å². The van der Waals surface area contributed by atoms with Gasteiger partial charge in [0.25, 0.3) is 0 Å². The Morgan fingerprint density at radius 1 is 0.510 bits per heavy atom. The molecule has 6 aromatic rings. The molecule has 6 aromatic carbocycles. The number of aliphatic hydroxyl groups is 1. The van der Waals surface area contributed by atoms with E-state index in [0.717, 1.165) is 22.3 Å². The molecule has 0 aromatic heterocycles. The van der Waals surface area contributed by atoms with Gasteiger partial charge in [0.05, 0.1) is 5.56 Å². The fraction of sp³-hybridized carbons (Fsp3) is 0.182. The molecule has 0 fully saturated rings. The molecular formula is C44H40O7. The highest BCUT2D eigenvalue weighted by Crippen LogP contribution is 2.49. The van der Waals surface area contributed by atoms with Crippen molar-refractivity contribution in [2.75, 3.05) is 7.11 Å². The monoisotopic (exact) mass is 680 g/mol. The van der Waals surface area contributed by atoms with Gasteiger partial charge in [-0.2, -0.15) is 0 Å². The molecule has 0 spiro atoms. The summed E-state index contributed by atoms with van der Waals surface area (Å²) in [5.74, 6) is 2.71. The van der Waals surface area contributed by atoms with Gasteiger partial charge in [0.15, 0.2) is 17.6 Å². The fourth-order valence-corrected chi connectivity index (χ4v) is 6.10. The molecule has 3 atom stereocenters. The first-order chi connectivity index (χ1) is 25.1. The SMILES string of the molecule is COC1c2c(OCc3ccccc3)cc(OCc3ccccc3)cc2OC(c2ccc(OCc3ccccc3)c(OCc3ccccc3)c2)C1O. The minimum Gasteiger partial charge on any atom is -0.489 e. The molecule has 258 valence electrons. The van der Waals surface area contributed by atoms with Gasteiger partial charge in [-0.15, -0.1) is 0 Å². The molecule has 0 saturated carbocycles. The smallest absolute Gasteiger partial charge is 0.162 e. The molecule has 3 unspecified atom stereocenters. The van der Waals surface area contributed by atoms with Gasteiger partial charge < -0.3 is 33.5 Å². The van der Waals surface area contributed by atoms with Crippen LogP contribution in [-0.2, 0) is 31.2 Å². The standard InChI is InChI=1S/C44H40O7/c1-46-44-41-39(50-30-34-20-12-5-13-21-34)25-36(47-27-31-14-6-2-7-15-31)26-40(41)51-43(42(44)45)35-22-23-37(48-28-32-16-8-3-9-17-32)38(24-35)49-29-33-18-10-4-11-19-33/h2-26,42-45H,27-30H2,1H3. The van der Waals surface area contributed by atoms with E-state index in [4.69, 9.17) is 28.4 Å². The highest BCUT2D eigenvalue weighted by Gasteiger charge is 2.41. The first kappa shape index (κ1) is 33.7. The number of hydrogen-bond acceptors (Lipinski definition) is 7. The third-order valence-electron chi connectivity index (χ3n) is 8.75. The Balaban J connectivity index is 1.21. The molecule has 1 heterocycles. The van der Waals surface area contributed by atoms with Crippen molar-refractivity contribution in [1.82, 2.24) is 0 Å². The first-order valence-electron chi connectivity index (χ1n) is 17.0. The molecule has 7 heteroatoms. The van der Waals surface area contributed by atoms with Gasteiger partial charge in [-0.3, -0.25) is 0 Å². The van der Waals surface area contributed by atoms with Crippen molar-refractivity contribution in [1.29, 1.82) is 0 Å². The Morgan fingerprint density at radius 3 is 1.49 bits per heavy atom. The van der Waals surface area contributed by atoms with E-state index in [1.165, 1.54) is 0 Å². The maximum atomic E-state index is 11.9. The molecular weight excluding hydrogens is 640 g/mol. The Hall–Kier alpha value is -5.76. The van der Waals surface area contributed by atoms with Crippen LogP contribution in [0, 0.1) is 0 Å². The minimum atomic E-state index is -1.07. The Kier molecular flexibility index (Phi) is 10.8. The van der Waals surface area contributed by atoms with Crippen LogP contribution in [0.1, 0.15) is 45.6 Å². The van der Waals surface area contributed by atoms with Gasteiger partial charge in [-0.1, -0.05) is 127 Å².